The van der Waals surface area contributed by atoms with E-state index < -0.39 is 10.8 Å². The van der Waals surface area contributed by atoms with E-state index in [0.29, 0.717) is 64.1 Å². The van der Waals surface area contributed by atoms with Crippen molar-refractivity contribution >= 4 is 56.8 Å². The molecule has 1 aliphatic carbocycles. The number of hydrogen-bond acceptors (Lipinski definition) is 6. The molecular weight excluding hydrogens is 739 g/mol. The lowest BCUT2D eigenvalue weighted by Crippen LogP contribution is -2.60. The second-order valence-corrected chi connectivity index (χ2v) is 16.2. The number of nitrogens with one attached hydrogen (secondary N) is 4. The number of fused-ring (bicyclic) bond motifs is 3. The fourth-order valence-corrected chi connectivity index (χ4v) is 9.71. The number of amides is 2. The number of nitrogens with zero attached hydrogens (tertiary/aromatic N) is 4. The summed E-state index contributed by atoms with van der Waals surface area (Å²) in [5.41, 5.74) is 2.23. The molecule has 4 aromatic heterocycles. The van der Waals surface area contributed by atoms with Crippen molar-refractivity contribution in [2.75, 3.05) is 13.1 Å². The van der Waals surface area contributed by atoms with E-state index >= 15 is 0 Å². The average Bonchev–Trinajstić information content (AvgIpc) is 3.78. The zero-order valence-corrected chi connectivity index (χ0v) is 31.9. The predicted molar refractivity (Wildman–Crippen MR) is 212 cm³/mol. The SMILES string of the molecule is Cn1ncc2c(Cl)cc(-c3ccc(C4(C)C(=O)NCC5C(n6ncc7c(Cl)cc(-c8ccc(C9(C)CCCNC9=O)c(=O)[nH]8)cc76)C=CCC54)c(=O)[nH]3)cc21. The molecule has 0 saturated carbocycles. The minimum absolute atomic E-state index is 0.121. The van der Waals surface area contributed by atoms with Gasteiger partial charge in [0.05, 0.1) is 50.3 Å². The van der Waals surface area contributed by atoms with Gasteiger partial charge in [0, 0.05) is 70.5 Å². The number of rotatable bonds is 5. The maximum absolute atomic E-state index is 14.0. The van der Waals surface area contributed by atoms with E-state index in [0.717, 1.165) is 33.8 Å². The first-order chi connectivity index (χ1) is 26.4. The lowest BCUT2D eigenvalue weighted by atomic mass is 9.59. The highest BCUT2D eigenvalue weighted by molar-refractivity contribution is 6.36. The molecule has 2 amide bonds. The number of benzene rings is 2. The van der Waals surface area contributed by atoms with Crippen molar-refractivity contribution in [1.82, 2.24) is 40.2 Å². The molecule has 4 N–H and O–H groups in total. The number of piperidine rings is 2. The molecule has 6 aromatic rings. The summed E-state index contributed by atoms with van der Waals surface area (Å²) in [5.74, 6) is -0.707. The van der Waals surface area contributed by atoms with Crippen LogP contribution in [0.15, 0.2) is 82.7 Å². The smallest absolute Gasteiger partial charge is 0.252 e. The molecule has 2 aromatic carbocycles. The van der Waals surface area contributed by atoms with Crippen molar-refractivity contribution < 1.29 is 9.59 Å². The number of carbonyl (C=O) groups is 2. The van der Waals surface area contributed by atoms with Gasteiger partial charge >= 0.3 is 0 Å². The van der Waals surface area contributed by atoms with Crippen molar-refractivity contribution in [3.8, 4) is 22.5 Å². The summed E-state index contributed by atoms with van der Waals surface area (Å²) < 4.78 is 3.65. The Morgan fingerprint density at radius 1 is 0.782 bits per heavy atom. The van der Waals surface area contributed by atoms with E-state index in [4.69, 9.17) is 28.3 Å². The summed E-state index contributed by atoms with van der Waals surface area (Å²) in [7, 11) is 1.83. The van der Waals surface area contributed by atoms with Crippen LogP contribution in [-0.2, 0) is 27.5 Å². The number of H-pyrrole nitrogens is 2. The molecule has 0 radical (unpaired) electrons. The van der Waals surface area contributed by atoms with Crippen LogP contribution in [0.2, 0.25) is 10.0 Å². The number of pyridine rings is 2. The molecule has 2 aliphatic heterocycles. The van der Waals surface area contributed by atoms with Crippen LogP contribution >= 0.6 is 23.2 Å². The van der Waals surface area contributed by atoms with E-state index in [1.165, 1.54) is 0 Å². The molecule has 2 fully saturated rings. The second-order valence-electron chi connectivity index (χ2n) is 15.4. The molecule has 14 heteroatoms. The molecule has 55 heavy (non-hydrogen) atoms. The standard InChI is InChI=1S/C41H38Cl2N8O4/c1-40(12-5-13-44-38(40)54)27-8-10-31(48-36(27)52)22-15-30(43)25-20-47-51(35(25)17-22)33-7-4-6-26-23(33)18-45-39(55)41(26,2)28-9-11-32(49-37(28)53)21-14-29(42)24-19-46-50(3)34(24)16-21/h4,7-11,14-17,19-20,23,26,33H,5-6,12-13,18H2,1-3H3,(H,44,54)(H,45,55)(H,48,52)(H,49,53). The van der Waals surface area contributed by atoms with Crippen LogP contribution in [-0.4, -0.2) is 54.4 Å². The Bertz CT molecular complexity index is 2750. The van der Waals surface area contributed by atoms with E-state index in [9.17, 15) is 19.2 Å². The highest BCUT2D eigenvalue weighted by Crippen LogP contribution is 2.48. The Kier molecular flexibility index (Phi) is 8.21. The highest BCUT2D eigenvalue weighted by atomic mass is 35.5. The van der Waals surface area contributed by atoms with Crippen molar-refractivity contribution in [3.05, 3.63) is 115 Å². The molecule has 280 valence electrons. The summed E-state index contributed by atoms with van der Waals surface area (Å²) >= 11 is 13.4. The minimum Gasteiger partial charge on any atom is -0.355 e. The molecule has 5 atom stereocenters. The number of aromatic nitrogens is 6. The Morgan fingerprint density at radius 3 is 2.09 bits per heavy atom. The lowest BCUT2D eigenvalue weighted by Gasteiger charge is -2.48. The van der Waals surface area contributed by atoms with E-state index in [1.807, 2.05) is 49.8 Å². The van der Waals surface area contributed by atoms with Crippen molar-refractivity contribution in [1.29, 1.82) is 0 Å². The first kappa shape index (κ1) is 35.3. The summed E-state index contributed by atoms with van der Waals surface area (Å²) in [6.45, 7) is 4.66. The molecule has 0 spiro atoms. The van der Waals surface area contributed by atoms with Crippen molar-refractivity contribution in [3.63, 3.8) is 0 Å². The topological polar surface area (TPSA) is 160 Å². The van der Waals surface area contributed by atoms with Gasteiger partial charge in [-0.2, -0.15) is 10.2 Å². The van der Waals surface area contributed by atoms with Crippen LogP contribution in [0.5, 0.6) is 0 Å². The van der Waals surface area contributed by atoms with Gasteiger partial charge in [0.1, 0.15) is 0 Å². The molecular formula is C41H38Cl2N8O4. The van der Waals surface area contributed by atoms with E-state index in [-0.39, 0.29) is 40.8 Å². The fraction of sp³-hybridized carbons (Fsp3) is 0.317. The first-order valence-corrected chi connectivity index (χ1v) is 19.1. The molecule has 9 rings (SSSR count). The number of hydrogen-bond donors (Lipinski definition) is 4. The fourth-order valence-electron chi connectivity index (χ4n) is 9.19. The van der Waals surface area contributed by atoms with Crippen LogP contribution in [0.4, 0.5) is 0 Å². The Balaban J connectivity index is 1.06. The van der Waals surface area contributed by atoms with Crippen LogP contribution < -0.4 is 21.8 Å². The number of carbonyl (C=O) groups excluding carboxylic acids is 2. The average molecular weight is 778 g/mol. The van der Waals surface area contributed by atoms with Gasteiger partial charge in [-0.1, -0.05) is 47.5 Å². The summed E-state index contributed by atoms with van der Waals surface area (Å²) in [6, 6.07) is 14.3. The second kappa shape index (κ2) is 12.8. The largest absolute Gasteiger partial charge is 0.355 e. The third-order valence-corrected chi connectivity index (χ3v) is 13.0. The number of allylic oxidation sites excluding steroid dienone is 2. The molecule has 12 nitrogen and oxygen atoms in total. The maximum Gasteiger partial charge on any atom is 0.252 e. The normalized spacial score (nSPS) is 25.2. The van der Waals surface area contributed by atoms with Crippen LogP contribution in [0, 0.1) is 11.8 Å². The zero-order chi connectivity index (χ0) is 38.4. The summed E-state index contributed by atoms with van der Waals surface area (Å²) in [5, 5.41) is 17.7. The lowest BCUT2D eigenvalue weighted by molar-refractivity contribution is -0.133. The molecule has 3 aliphatic rings. The predicted octanol–water partition coefficient (Wildman–Crippen LogP) is 5.93. The molecule has 5 unspecified atom stereocenters. The zero-order valence-electron chi connectivity index (χ0n) is 30.4. The van der Waals surface area contributed by atoms with Gasteiger partial charge in [0.25, 0.3) is 11.1 Å². The van der Waals surface area contributed by atoms with Gasteiger partial charge in [0.15, 0.2) is 0 Å². The quantitative estimate of drug-likeness (QED) is 0.159. The van der Waals surface area contributed by atoms with Crippen molar-refractivity contribution in [2.45, 2.75) is 50.0 Å². The third-order valence-electron chi connectivity index (χ3n) is 12.4. The van der Waals surface area contributed by atoms with Gasteiger partial charge < -0.3 is 20.6 Å². The molecule has 6 heterocycles. The summed E-state index contributed by atoms with van der Waals surface area (Å²) in [4.78, 5) is 60.2. The van der Waals surface area contributed by atoms with E-state index in [1.54, 1.807) is 41.3 Å². The van der Waals surface area contributed by atoms with E-state index in [2.05, 4.69) is 37.9 Å². The van der Waals surface area contributed by atoms with Crippen LogP contribution in [0.3, 0.4) is 0 Å². The Morgan fingerprint density at radius 2 is 1.42 bits per heavy atom. The Hall–Kier alpha value is -5.46. The number of halogens is 2. The van der Waals surface area contributed by atoms with Crippen LogP contribution in [0.1, 0.15) is 50.3 Å². The molecule has 2 saturated heterocycles. The van der Waals surface area contributed by atoms with Gasteiger partial charge in [-0.15, -0.1) is 0 Å². The minimum atomic E-state index is -1.15. The monoisotopic (exact) mass is 776 g/mol. The number of aryl methyl sites for hydroxylation is 1. The first-order valence-electron chi connectivity index (χ1n) is 18.4. The summed E-state index contributed by atoms with van der Waals surface area (Å²) in [6.07, 6.45) is 9.58. The Labute approximate surface area is 324 Å². The van der Waals surface area contributed by atoms with Crippen LogP contribution in [0.25, 0.3) is 44.3 Å². The highest BCUT2D eigenvalue weighted by Gasteiger charge is 2.53. The van der Waals surface area contributed by atoms with Gasteiger partial charge in [-0.25, -0.2) is 0 Å². The third kappa shape index (κ3) is 5.40. The molecule has 0 bridgehead atoms. The van der Waals surface area contributed by atoms with Gasteiger partial charge in [-0.05, 0) is 75.4 Å². The maximum atomic E-state index is 14.0. The van der Waals surface area contributed by atoms with Gasteiger partial charge in [-0.3, -0.25) is 28.5 Å². The number of aromatic amines is 2. The van der Waals surface area contributed by atoms with Gasteiger partial charge in [0.2, 0.25) is 11.8 Å². The van der Waals surface area contributed by atoms with Crippen molar-refractivity contribution in [2.24, 2.45) is 18.9 Å².